The fourth-order valence-electron chi connectivity index (χ4n) is 3.17. The molecule has 1 saturated heterocycles. The molecule has 2 amide bonds. The number of nitrogens with zero attached hydrogens (tertiary/aromatic N) is 5. The monoisotopic (exact) mass is 342 g/mol. The zero-order chi connectivity index (χ0) is 18.0. The van der Waals surface area contributed by atoms with Crippen LogP contribution in [0.3, 0.4) is 0 Å². The van der Waals surface area contributed by atoms with Crippen LogP contribution >= 0.6 is 0 Å². The maximum Gasteiger partial charge on any atom is 0.323 e. The van der Waals surface area contributed by atoms with E-state index in [1.165, 1.54) is 0 Å². The average Bonchev–Trinajstić information content (AvgIpc) is 3.02. The van der Waals surface area contributed by atoms with Crippen LogP contribution in [-0.4, -0.2) is 63.3 Å². The van der Waals surface area contributed by atoms with Crippen LogP contribution in [0, 0.1) is 12.8 Å². The largest absolute Gasteiger partial charge is 0.323 e. The Kier molecular flexibility index (Phi) is 5.03. The van der Waals surface area contributed by atoms with Gasteiger partial charge in [-0.1, -0.05) is 13.8 Å². The van der Waals surface area contributed by atoms with E-state index in [9.17, 15) is 4.79 Å². The molecule has 0 radical (unpaired) electrons. The quantitative estimate of drug-likeness (QED) is 0.930. The molecule has 0 saturated carbocycles. The van der Waals surface area contributed by atoms with Gasteiger partial charge in [-0.3, -0.25) is 5.32 Å². The first-order valence-electron chi connectivity index (χ1n) is 8.69. The summed E-state index contributed by atoms with van der Waals surface area (Å²) in [7, 11) is 2.10. The molecule has 7 heteroatoms. The zero-order valence-corrected chi connectivity index (χ0v) is 15.3. The molecule has 1 atom stereocenters. The molecule has 1 fully saturated rings. The third kappa shape index (κ3) is 3.82. The van der Waals surface area contributed by atoms with Crippen molar-refractivity contribution in [3.63, 3.8) is 0 Å². The Morgan fingerprint density at radius 2 is 2.08 bits per heavy atom. The summed E-state index contributed by atoms with van der Waals surface area (Å²) in [6.45, 7) is 8.82. The second-order valence-corrected chi connectivity index (χ2v) is 7.02. The highest BCUT2D eigenvalue weighted by Crippen LogP contribution is 2.19. The van der Waals surface area contributed by atoms with Crippen molar-refractivity contribution in [2.45, 2.75) is 26.8 Å². The fraction of sp³-hybridized carbons (Fsp3) is 0.500. The Hall–Kier alpha value is -2.41. The van der Waals surface area contributed by atoms with Crippen LogP contribution < -0.4 is 5.32 Å². The topological polar surface area (TPSA) is 66.3 Å². The van der Waals surface area contributed by atoms with Crippen molar-refractivity contribution in [1.29, 1.82) is 0 Å². The molecule has 0 aliphatic carbocycles. The Labute approximate surface area is 148 Å². The minimum absolute atomic E-state index is 0.0822. The first-order valence-corrected chi connectivity index (χ1v) is 8.69. The lowest BCUT2D eigenvalue weighted by molar-refractivity contribution is 0.0921. The number of hydrogen-bond acceptors (Lipinski definition) is 4. The lowest BCUT2D eigenvalue weighted by atomic mass is 10.0. The number of carbonyl (C=O) groups excluding carboxylic acids is 1. The van der Waals surface area contributed by atoms with Crippen molar-refractivity contribution in [2.75, 3.05) is 32.0 Å². The van der Waals surface area contributed by atoms with Crippen LogP contribution in [0.4, 0.5) is 10.6 Å². The molecule has 3 heterocycles. The molecule has 134 valence electrons. The van der Waals surface area contributed by atoms with Crippen LogP contribution in [0.5, 0.6) is 0 Å². The summed E-state index contributed by atoms with van der Waals surface area (Å²) in [4.78, 5) is 21.4. The van der Waals surface area contributed by atoms with Crippen LogP contribution in [0.25, 0.3) is 5.82 Å². The standard InChI is InChI=1S/C18H26N6O/c1-13(2)15-12-22(4)9-10-23(15)18(25)21-16-6-8-20-24(16)17-11-14(3)5-7-19-17/h5-8,11,13,15H,9-10,12H2,1-4H3,(H,21,25). The Balaban J connectivity index is 1.79. The van der Waals surface area contributed by atoms with E-state index in [0.717, 1.165) is 25.2 Å². The van der Waals surface area contributed by atoms with E-state index in [4.69, 9.17) is 0 Å². The molecular formula is C18H26N6O. The van der Waals surface area contributed by atoms with Gasteiger partial charge in [0.15, 0.2) is 5.82 Å². The van der Waals surface area contributed by atoms with Gasteiger partial charge in [0.05, 0.1) is 6.20 Å². The number of aryl methyl sites for hydroxylation is 1. The normalized spacial score (nSPS) is 18.6. The summed E-state index contributed by atoms with van der Waals surface area (Å²) in [6, 6.07) is 5.79. The number of piperazine rings is 1. The number of hydrogen-bond donors (Lipinski definition) is 1. The van der Waals surface area contributed by atoms with E-state index in [-0.39, 0.29) is 12.1 Å². The van der Waals surface area contributed by atoms with E-state index in [2.05, 4.69) is 41.2 Å². The molecule has 25 heavy (non-hydrogen) atoms. The smallest absolute Gasteiger partial charge is 0.319 e. The molecule has 2 aromatic heterocycles. The van der Waals surface area contributed by atoms with Gasteiger partial charge in [0.2, 0.25) is 0 Å². The third-order valence-electron chi connectivity index (χ3n) is 4.65. The molecule has 0 spiro atoms. The van der Waals surface area contributed by atoms with Crippen LogP contribution in [-0.2, 0) is 0 Å². The van der Waals surface area contributed by atoms with Gasteiger partial charge in [0.25, 0.3) is 0 Å². The van der Waals surface area contributed by atoms with Gasteiger partial charge >= 0.3 is 6.03 Å². The number of pyridine rings is 1. The molecule has 1 aliphatic rings. The molecule has 7 nitrogen and oxygen atoms in total. The molecule has 0 aromatic carbocycles. The Morgan fingerprint density at radius 3 is 2.80 bits per heavy atom. The summed E-state index contributed by atoms with van der Waals surface area (Å²) >= 11 is 0. The molecule has 0 bridgehead atoms. The molecule has 3 rings (SSSR count). The van der Waals surface area contributed by atoms with E-state index >= 15 is 0 Å². The Morgan fingerprint density at radius 1 is 1.28 bits per heavy atom. The number of aromatic nitrogens is 3. The second kappa shape index (κ2) is 7.23. The Bertz CT molecular complexity index is 741. The summed E-state index contributed by atoms with van der Waals surface area (Å²) in [5.74, 6) is 1.72. The van der Waals surface area contributed by atoms with E-state index in [1.54, 1.807) is 23.1 Å². The highest BCUT2D eigenvalue weighted by molar-refractivity contribution is 5.89. The number of carbonyl (C=O) groups is 1. The van der Waals surface area contributed by atoms with Gasteiger partial charge in [-0.2, -0.15) is 9.78 Å². The van der Waals surface area contributed by atoms with Crippen molar-refractivity contribution >= 4 is 11.8 Å². The number of likely N-dealkylation sites (N-methyl/N-ethyl adjacent to an activating group) is 1. The zero-order valence-electron chi connectivity index (χ0n) is 15.3. The molecule has 1 N–H and O–H groups in total. The minimum Gasteiger partial charge on any atom is -0.319 e. The first kappa shape index (κ1) is 17.4. The third-order valence-corrected chi connectivity index (χ3v) is 4.65. The fourth-order valence-corrected chi connectivity index (χ4v) is 3.17. The van der Waals surface area contributed by atoms with Gasteiger partial charge < -0.3 is 9.80 Å². The lowest BCUT2D eigenvalue weighted by Crippen LogP contribution is -2.57. The molecule has 2 aromatic rings. The first-order chi connectivity index (χ1) is 12.0. The van der Waals surface area contributed by atoms with Gasteiger partial charge in [0, 0.05) is 37.9 Å². The molecule has 1 unspecified atom stereocenters. The minimum atomic E-state index is -0.0822. The molecule has 1 aliphatic heterocycles. The average molecular weight is 342 g/mol. The summed E-state index contributed by atoms with van der Waals surface area (Å²) in [5, 5.41) is 7.31. The van der Waals surface area contributed by atoms with Gasteiger partial charge in [-0.05, 0) is 37.6 Å². The summed E-state index contributed by atoms with van der Waals surface area (Å²) in [6.07, 6.45) is 3.41. The van der Waals surface area contributed by atoms with Crippen molar-refractivity contribution in [1.82, 2.24) is 24.6 Å². The van der Waals surface area contributed by atoms with Crippen molar-refractivity contribution in [3.05, 3.63) is 36.2 Å². The predicted octanol–water partition coefficient (Wildman–Crippen LogP) is 2.38. The second-order valence-electron chi connectivity index (χ2n) is 7.02. The maximum atomic E-state index is 12.9. The number of amides is 2. The highest BCUT2D eigenvalue weighted by Gasteiger charge is 2.31. The van der Waals surface area contributed by atoms with Crippen LogP contribution in [0.2, 0.25) is 0 Å². The summed E-state index contributed by atoms with van der Waals surface area (Å²) in [5.41, 5.74) is 1.09. The van der Waals surface area contributed by atoms with E-state index < -0.39 is 0 Å². The van der Waals surface area contributed by atoms with Crippen molar-refractivity contribution in [2.24, 2.45) is 5.92 Å². The number of nitrogens with one attached hydrogen (secondary N) is 1. The van der Waals surface area contributed by atoms with Gasteiger partial charge in [0.1, 0.15) is 5.82 Å². The van der Waals surface area contributed by atoms with Crippen molar-refractivity contribution < 1.29 is 4.79 Å². The van der Waals surface area contributed by atoms with Crippen LogP contribution in [0.15, 0.2) is 30.6 Å². The number of urea groups is 1. The lowest BCUT2D eigenvalue weighted by Gasteiger charge is -2.42. The van der Waals surface area contributed by atoms with Gasteiger partial charge in [-0.15, -0.1) is 0 Å². The number of anilines is 1. The van der Waals surface area contributed by atoms with Crippen molar-refractivity contribution in [3.8, 4) is 5.82 Å². The highest BCUT2D eigenvalue weighted by atomic mass is 16.2. The summed E-state index contributed by atoms with van der Waals surface area (Å²) < 4.78 is 1.66. The van der Waals surface area contributed by atoms with E-state index in [0.29, 0.717) is 17.6 Å². The van der Waals surface area contributed by atoms with Crippen LogP contribution in [0.1, 0.15) is 19.4 Å². The number of rotatable bonds is 3. The van der Waals surface area contributed by atoms with E-state index in [1.807, 2.05) is 24.0 Å². The van der Waals surface area contributed by atoms with Gasteiger partial charge in [-0.25, -0.2) is 9.78 Å². The molecular weight excluding hydrogens is 316 g/mol. The predicted molar refractivity (Wildman–Crippen MR) is 97.9 cm³/mol. The maximum absolute atomic E-state index is 12.9. The SMILES string of the molecule is Cc1ccnc(-n2nccc2NC(=O)N2CCN(C)CC2C(C)C)c1.